The lowest BCUT2D eigenvalue weighted by Crippen LogP contribution is -2.45. The zero-order chi connectivity index (χ0) is 18.7. The third kappa shape index (κ3) is 2.49. The molecule has 0 aliphatic carbocycles. The second-order valence-corrected chi connectivity index (χ2v) is 8.14. The van der Waals surface area contributed by atoms with E-state index in [0.29, 0.717) is 22.1 Å². The predicted molar refractivity (Wildman–Crippen MR) is 111 cm³/mol. The number of aromatic hydroxyl groups is 1. The number of hydrogen-bond acceptors (Lipinski definition) is 4. The van der Waals surface area contributed by atoms with Crippen molar-refractivity contribution in [3.8, 4) is 16.9 Å². The molecule has 1 unspecified atom stereocenters. The average molecular weight is 399 g/mol. The molecule has 3 aromatic carbocycles. The third-order valence-electron chi connectivity index (χ3n) is 5.34. The van der Waals surface area contributed by atoms with Gasteiger partial charge in [0, 0.05) is 23.5 Å². The Morgan fingerprint density at radius 1 is 1.22 bits per heavy atom. The van der Waals surface area contributed by atoms with Crippen LogP contribution in [0.5, 0.6) is 5.75 Å². The summed E-state index contributed by atoms with van der Waals surface area (Å²) >= 11 is 7.88. The molecule has 0 radical (unpaired) electrons. The maximum Gasteiger partial charge on any atom is 0.159 e. The number of anilines is 1. The number of aromatic nitrogens is 1. The van der Waals surface area contributed by atoms with Gasteiger partial charge in [-0.05, 0) is 59.4 Å². The van der Waals surface area contributed by atoms with Crippen LogP contribution in [-0.4, -0.2) is 22.1 Å². The van der Waals surface area contributed by atoms with Crippen LogP contribution in [0, 0.1) is 5.82 Å². The quantitative estimate of drug-likeness (QED) is 0.436. The van der Waals surface area contributed by atoms with Crippen molar-refractivity contribution in [3.63, 3.8) is 0 Å². The molecule has 4 aromatic rings. The van der Waals surface area contributed by atoms with Crippen molar-refractivity contribution in [3.05, 3.63) is 53.3 Å². The fraction of sp³-hybridized carbons (Fsp3) is 0.190. The van der Waals surface area contributed by atoms with Gasteiger partial charge in [-0.15, -0.1) is 0 Å². The van der Waals surface area contributed by atoms with Gasteiger partial charge in [0.1, 0.15) is 16.3 Å². The van der Waals surface area contributed by atoms with Crippen molar-refractivity contribution in [2.45, 2.75) is 19.4 Å². The van der Waals surface area contributed by atoms with Gasteiger partial charge in [0.2, 0.25) is 0 Å². The lowest BCUT2D eigenvalue weighted by Gasteiger charge is -2.39. The first-order valence-electron chi connectivity index (χ1n) is 8.80. The number of hydrogen-bond donors (Lipinski definition) is 1. The molecule has 0 bridgehead atoms. The first-order chi connectivity index (χ1) is 13.0. The molecule has 1 N–H and O–H groups in total. The third-order valence-corrected chi connectivity index (χ3v) is 6.54. The lowest BCUT2D eigenvalue weighted by molar-refractivity contribution is 0.476. The Kier molecular flexibility index (Phi) is 3.78. The Morgan fingerprint density at radius 3 is 2.78 bits per heavy atom. The van der Waals surface area contributed by atoms with Gasteiger partial charge in [-0.3, -0.25) is 0 Å². The van der Waals surface area contributed by atoms with Gasteiger partial charge in [-0.2, -0.15) is 4.37 Å². The van der Waals surface area contributed by atoms with E-state index in [-0.39, 0.29) is 11.3 Å². The first kappa shape index (κ1) is 16.8. The number of phenols is 1. The van der Waals surface area contributed by atoms with Gasteiger partial charge in [-0.1, -0.05) is 35.9 Å². The van der Waals surface area contributed by atoms with Crippen molar-refractivity contribution in [2.75, 3.05) is 11.4 Å². The van der Waals surface area contributed by atoms with Crippen LogP contribution in [0.25, 0.3) is 32.8 Å². The topological polar surface area (TPSA) is 36.4 Å². The molecule has 6 heteroatoms. The average Bonchev–Trinajstić information content (AvgIpc) is 3.03. The first-order valence-corrected chi connectivity index (χ1v) is 9.96. The zero-order valence-corrected chi connectivity index (χ0v) is 16.1. The van der Waals surface area contributed by atoms with E-state index in [0.717, 1.165) is 34.1 Å². The number of fused-ring (bicyclic) bond motifs is 2. The number of phenolic OH excluding ortho intramolecular Hbond substituents is 1. The molecule has 2 heterocycles. The van der Waals surface area contributed by atoms with Crippen molar-refractivity contribution in [2.24, 2.45) is 0 Å². The summed E-state index contributed by atoms with van der Waals surface area (Å²) in [4.78, 5) is 2.24. The highest BCUT2D eigenvalue weighted by Gasteiger charge is 2.29. The minimum Gasteiger partial charge on any atom is -0.508 e. The van der Waals surface area contributed by atoms with Crippen molar-refractivity contribution in [1.82, 2.24) is 4.37 Å². The minimum absolute atomic E-state index is 0.0765. The fourth-order valence-electron chi connectivity index (χ4n) is 3.77. The van der Waals surface area contributed by atoms with Crippen LogP contribution in [0.2, 0.25) is 5.02 Å². The number of benzene rings is 3. The summed E-state index contributed by atoms with van der Waals surface area (Å²) in [5, 5.41) is 13.8. The van der Waals surface area contributed by atoms with E-state index in [2.05, 4.69) is 16.2 Å². The Hall–Kier alpha value is -2.37. The normalized spacial score (nSPS) is 16.9. The molecule has 136 valence electrons. The van der Waals surface area contributed by atoms with Crippen molar-refractivity contribution < 1.29 is 9.50 Å². The highest BCUT2D eigenvalue weighted by atomic mass is 35.5. The molecular weight excluding hydrogens is 383 g/mol. The molecular formula is C21H16ClFN2OS. The summed E-state index contributed by atoms with van der Waals surface area (Å²) in [5.41, 5.74) is 1.19. The van der Waals surface area contributed by atoms with E-state index in [9.17, 15) is 5.11 Å². The summed E-state index contributed by atoms with van der Waals surface area (Å²) < 4.78 is 19.9. The molecule has 27 heavy (non-hydrogen) atoms. The number of rotatable bonds is 2. The van der Waals surface area contributed by atoms with E-state index in [4.69, 9.17) is 11.6 Å². The maximum atomic E-state index is 15.5. The lowest BCUT2D eigenvalue weighted by atomic mass is 9.96. The summed E-state index contributed by atoms with van der Waals surface area (Å²) in [7, 11) is 0. The molecule has 1 atom stereocenters. The summed E-state index contributed by atoms with van der Waals surface area (Å²) in [5.74, 6) is -0.364. The molecule has 3 nitrogen and oxygen atoms in total. The smallest absolute Gasteiger partial charge is 0.159 e. The molecule has 1 fully saturated rings. The highest BCUT2D eigenvalue weighted by Crippen LogP contribution is 2.44. The second kappa shape index (κ2) is 6.08. The molecule has 0 amide bonds. The van der Waals surface area contributed by atoms with Crippen LogP contribution in [0.4, 0.5) is 9.39 Å². The Balaban J connectivity index is 1.78. The van der Waals surface area contributed by atoms with E-state index in [1.807, 2.05) is 24.3 Å². The van der Waals surface area contributed by atoms with Crippen LogP contribution in [0.15, 0.2) is 42.5 Å². The zero-order valence-electron chi connectivity index (χ0n) is 14.5. The summed E-state index contributed by atoms with van der Waals surface area (Å²) in [6.07, 6.45) is 1.13. The van der Waals surface area contributed by atoms with Crippen LogP contribution in [0.1, 0.15) is 13.3 Å². The standard InChI is InChI=1S/C21H16ClFN2OS/c1-11-6-7-25(11)21-16-10-17(22)18(19(23)20(16)24-27-21)15-9-13(26)8-12-4-2-3-5-14(12)15/h2-5,8-11,26H,6-7H2,1H3. The van der Waals surface area contributed by atoms with E-state index < -0.39 is 5.82 Å². The minimum atomic E-state index is -0.441. The Bertz CT molecular complexity index is 1210. The van der Waals surface area contributed by atoms with E-state index >= 15 is 4.39 Å². The second-order valence-electron chi connectivity index (χ2n) is 6.98. The van der Waals surface area contributed by atoms with E-state index in [1.165, 1.54) is 11.5 Å². The summed E-state index contributed by atoms with van der Waals surface area (Å²) in [6.45, 7) is 3.11. The maximum absolute atomic E-state index is 15.5. The summed E-state index contributed by atoms with van der Waals surface area (Å²) in [6, 6.07) is 13.0. The molecule has 0 saturated carbocycles. The molecule has 1 aliphatic rings. The molecule has 1 aliphatic heterocycles. The van der Waals surface area contributed by atoms with Gasteiger partial charge in [-0.25, -0.2) is 4.39 Å². The number of nitrogens with zero attached hydrogens (tertiary/aromatic N) is 2. The van der Waals surface area contributed by atoms with Crippen LogP contribution in [-0.2, 0) is 0 Å². The van der Waals surface area contributed by atoms with Gasteiger partial charge in [0.25, 0.3) is 0 Å². The SMILES string of the molecule is CC1CCN1c1snc2c(F)c(-c3cc(O)cc4ccccc34)c(Cl)cc12. The molecule has 5 rings (SSSR count). The monoisotopic (exact) mass is 398 g/mol. The van der Waals surface area contributed by atoms with Crippen LogP contribution < -0.4 is 4.90 Å². The van der Waals surface area contributed by atoms with E-state index in [1.54, 1.807) is 18.2 Å². The largest absolute Gasteiger partial charge is 0.508 e. The van der Waals surface area contributed by atoms with Crippen molar-refractivity contribution >= 4 is 49.8 Å². The molecule has 1 saturated heterocycles. The van der Waals surface area contributed by atoms with Gasteiger partial charge in [0.15, 0.2) is 5.82 Å². The predicted octanol–water partition coefficient (Wildman–Crippen LogP) is 6.21. The Labute approximate surface area is 164 Å². The van der Waals surface area contributed by atoms with Gasteiger partial charge in [0.05, 0.1) is 5.02 Å². The van der Waals surface area contributed by atoms with Crippen molar-refractivity contribution in [1.29, 1.82) is 0 Å². The van der Waals surface area contributed by atoms with Gasteiger partial charge < -0.3 is 10.0 Å². The number of halogens is 2. The molecule has 0 spiro atoms. The van der Waals surface area contributed by atoms with Gasteiger partial charge >= 0.3 is 0 Å². The fourth-order valence-corrected chi connectivity index (χ4v) is 5.05. The highest BCUT2D eigenvalue weighted by molar-refractivity contribution is 7.11. The van der Waals surface area contributed by atoms with Crippen LogP contribution >= 0.6 is 23.1 Å². The molecule has 1 aromatic heterocycles. The van der Waals surface area contributed by atoms with Crippen LogP contribution in [0.3, 0.4) is 0 Å². The Morgan fingerprint density at radius 2 is 2.04 bits per heavy atom.